The summed E-state index contributed by atoms with van der Waals surface area (Å²) < 4.78 is 23.9. The van der Waals surface area contributed by atoms with Gasteiger partial charge >= 0.3 is 3.93 Å². The molecule has 0 unspecified atom stereocenters. The first-order valence-corrected chi connectivity index (χ1v) is 8.50. The normalized spacial score (nSPS) is 11.1. The molecule has 9 heteroatoms. The van der Waals surface area contributed by atoms with Crippen molar-refractivity contribution in [1.29, 1.82) is 0 Å². The lowest BCUT2D eigenvalue weighted by atomic mass is 10.1. The molecule has 25 heavy (non-hydrogen) atoms. The Morgan fingerprint density at radius 1 is 1.28 bits per heavy atom. The van der Waals surface area contributed by atoms with Gasteiger partial charge in [-0.1, -0.05) is 17.7 Å². The lowest BCUT2D eigenvalue weighted by Gasteiger charge is -2.13. The number of carbonyl (C=O) groups excluding carboxylic acids is 2. The van der Waals surface area contributed by atoms with E-state index in [-0.39, 0.29) is 34.4 Å². The number of amides is 2. The highest BCUT2D eigenvalue weighted by Crippen LogP contribution is 2.39. The monoisotopic (exact) mass is 479 g/mol. The molecule has 132 valence electrons. The van der Waals surface area contributed by atoms with Crippen molar-refractivity contribution in [3.8, 4) is 0 Å². The van der Waals surface area contributed by atoms with Crippen molar-refractivity contribution in [3.05, 3.63) is 58.2 Å². The van der Waals surface area contributed by atoms with Crippen LogP contribution in [0.1, 0.15) is 28.4 Å². The summed E-state index contributed by atoms with van der Waals surface area (Å²) in [5.41, 5.74) is 0.464. The molecule has 0 spiro atoms. The largest absolute Gasteiger partial charge is 0.348 e. The van der Waals surface area contributed by atoms with Gasteiger partial charge in [0.25, 0.3) is 5.91 Å². The Bertz CT molecular complexity index is 812. The fraction of sp³-hybridized carbons (Fsp3) is 0.188. The van der Waals surface area contributed by atoms with Gasteiger partial charge in [0, 0.05) is 53.4 Å². The van der Waals surface area contributed by atoms with Crippen LogP contribution in [0.4, 0.5) is 14.6 Å². The van der Waals surface area contributed by atoms with E-state index in [0.717, 1.165) is 22.6 Å². The molecule has 0 radical (unpaired) electrons. The molecule has 2 aromatic rings. The molecule has 0 atom stereocenters. The van der Waals surface area contributed by atoms with Crippen molar-refractivity contribution in [1.82, 2.24) is 10.3 Å². The van der Waals surface area contributed by atoms with Crippen LogP contribution in [0.5, 0.6) is 0 Å². The standard InChI is InChI=1S/C16H13ClF2IN3O2/c1-9(24)23-14-7-11(4-5-21-14)15(25)22-8-10-2-3-13(17)12(6-10)16(18,19)20/h2-7H,8H2,1H3,(H,22,25)(H,21,23,24). The number of pyridine rings is 1. The number of alkyl halides is 3. The number of benzene rings is 1. The first kappa shape index (κ1) is 19.5. The van der Waals surface area contributed by atoms with E-state index in [1.807, 2.05) is 0 Å². The Hall–Kier alpha value is -1.81. The number of carbonyl (C=O) groups is 2. The summed E-state index contributed by atoms with van der Waals surface area (Å²) in [6, 6.07) is 7.08. The van der Waals surface area contributed by atoms with Gasteiger partial charge in [-0.15, -0.1) is 0 Å². The quantitative estimate of drug-likeness (QED) is 0.501. The summed E-state index contributed by atoms with van der Waals surface area (Å²) in [5.74, 6) is -0.483. The van der Waals surface area contributed by atoms with E-state index in [0.29, 0.717) is 5.56 Å². The fourth-order valence-electron chi connectivity index (χ4n) is 2.00. The zero-order chi connectivity index (χ0) is 18.6. The van der Waals surface area contributed by atoms with E-state index in [4.69, 9.17) is 11.6 Å². The van der Waals surface area contributed by atoms with Crippen LogP contribution in [-0.2, 0) is 15.3 Å². The molecule has 0 fully saturated rings. The van der Waals surface area contributed by atoms with E-state index >= 15 is 0 Å². The second-order valence-corrected chi connectivity index (χ2v) is 6.87. The summed E-state index contributed by atoms with van der Waals surface area (Å²) >= 11 is 6.79. The number of nitrogens with zero attached hydrogens (tertiary/aromatic N) is 1. The SMILES string of the molecule is CC(=O)Nc1cc(C(=O)NCc2ccc(Cl)c(C(F)(F)I)c2)ccn1. The van der Waals surface area contributed by atoms with E-state index in [9.17, 15) is 18.4 Å². The number of rotatable bonds is 5. The van der Waals surface area contributed by atoms with Crippen molar-refractivity contribution >= 4 is 51.8 Å². The Kier molecular flexibility index (Phi) is 6.28. The third kappa shape index (κ3) is 5.60. The highest BCUT2D eigenvalue weighted by atomic mass is 127. The second-order valence-electron chi connectivity index (χ2n) is 5.11. The van der Waals surface area contributed by atoms with E-state index in [2.05, 4.69) is 15.6 Å². The van der Waals surface area contributed by atoms with Gasteiger partial charge in [-0.25, -0.2) is 4.98 Å². The molecule has 1 aromatic carbocycles. The molecule has 2 amide bonds. The van der Waals surface area contributed by atoms with Gasteiger partial charge in [0.1, 0.15) is 5.82 Å². The molecule has 0 aliphatic rings. The summed E-state index contributed by atoms with van der Waals surface area (Å²) in [6.45, 7) is 1.38. The molecule has 1 heterocycles. The van der Waals surface area contributed by atoms with Gasteiger partial charge in [0.05, 0.1) is 5.02 Å². The average molecular weight is 480 g/mol. The summed E-state index contributed by atoms with van der Waals surface area (Å²) in [4.78, 5) is 27.1. The lowest BCUT2D eigenvalue weighted by Crippen LogP contribution is -2.23. The summed E-state index contributed by atoms with van der Waals surface area (Å²) in [6.07, 6.45) is 1.39. The first-order valence-electron chi connectivity index (χ1n) is 7.04. The topological polar surface area (TPSA) is 71.1 Å². The van der Waals surface area contributed by atoms with Crippen LogP contribution in [-0.4, -0.2) is 16.8 Å². The van der Waals surface area contributed by atoms with E-state index < -0.39 is 9.84 Å². The Morgan fingerprint density at radius 3 is 2.64 bits per heavy atom. The van der Waals surface area contributed by atoms with Crippen molar-refractivity contribution < 1.29 is 18.4 Å². The van der Waals surface area contributed by atoms with Crippen LogP contribution in [0, 0.1) is 0 Å². The molecule has 5 nitrogen and oxygen atoms in total. The minimum absolute atomic E-state index is 0.0384. The van der Waals surface area contributed by atoms with Gasteiger partial charge in [-0.2, -0.15) is 8.78 Å². The van der Waals surface area contributed by atoms with Gasteiger partial charge < -0.3 is 10.6 Å². The van der Waals surface area contributed by atoms with Crippen molar-refractivity contribution in [2.75, 3.05) is 5.32 Å². The van der Waals surface area contributed by atoms with Gasteiger partial charge in [-0.3, -0.25) is 9.59 Å². The molecule has 0 aliphatic carbocycles. The molecular weight excluding hydrogens is 467 g/mol. The van der Waals surface area contributed by atoms with Crippen LogP contribution < -0.4 is 10.6 Å². The zero-order valence-corrected chi connectivity index (χ0v) is 15.9. The van der Waals surface area contributed by atoms with Gasteiger partial charge in [0.2, 0.25) is 5.91 Å². The molecular formula is C16H13ClF2IN3O2. The minimum Gasteiger partial charge on any atom is -0.348 e. The zero-order valence-electron chi connectivity index (χ0n) is 12.9. The van der Waals surface area contributed by atoms with Crippen molar-refractivity contribution in [2.24, 2.45) is 0 Å². The molecule has 2 N–H and O–H groups in total. The van der Waals surface area contributed by atoms with Gasteiger partial charge in [-0.05, 0) is 29.8 Å². The molecule has 0 bridgehead atoms. The Morgan fingerprint density at radius 2 is 2.00 bits per heavy atom. The van der Waals surface area contributed by atoms with E-state index in [1.165, 1.54) is 37.4 Å². The van der Waals surface area contributed by atoms with Crippen LogP contribution in [0.25, 0.3) is 0 Å². The number of hydrogen-bond donors (Lipinski definition) is 2. The van der Waals surface area contributed by atoms with E-state index in [1.54, 1.807) is 6.07 Å². The number of anilines is 1. The third-order valence-electron chi connectivity index (χ3n) is 3.12. The van der Waals surface area contributed by atoms with Crippen LogP contribution in [0.3, 0.4) is 0 Å². The Labute approximate surface area is 161 Å². The van der Waals surface area contributed by atoms with Crippen molar-refractivity contribution in [3.63, 3.8) is 0 Å². The van der Waals surface area contributed by atoms with Gasteiger partial charge in [0.15, 0.2) is 0 Å². The smallest absolute Gasteiger partial charge is 0.323 e. The molecule has 0 aliphatic heterocycles. The highest BCUT2D eigenvalue weighted by Gasteiger charge is 2.29. The van der Waals surface area contributed by atoms with Crippen molar-refractivity contribution in [2.45, 2.75) is 17.4 Å². The summed E-state index contributed by atoms with van der Waals surface area (Å²) in [7, 11) is 0. The molecule has 0 saturated carbocycles. The fourth-order valence-corrected chi connectivity index (χ4v) is 2.85. The maximum absolute atomic E-state index is 13.5. The first-order chi connectivity index (χ1) is 11.7. The summed E-state index contributed by atoms with van der Waals surface area (Å²) in [5, 5.41) is 5.06. The predicted molar refractivity (Wildman–Crippen MR) is 99.1 cm³/mol. The Balaban J connectivity index is 2.09. The molecule has 1 aromatic heterocycles. The predicted octanol–water partition coefficient (Wildman–Crippen LogP) is 4.11. The van der Waals surface area contributed by atoms with Crippen LogP contribution in [0.15, 0.2) is 36.5 Å². The maximum Gasteiger partial charge on any atom is 0.323 e. The third-order valence-corrected chi connectivity index (χ3v) is 4.03. The lowest BCUT2D eigenvalue weighted by molar-refractivity contribution is -0.114. The minimum atomic E-state index is -3.10. The number of halogens is 4. The number of nitrogens with one attached hydrogen (secondary N) is 2. The maximum atomic E-state index is 13.5. The number of aromatic nitrogens is 1. The molecule has 0 saturated heterocycles. The second kappa shape index (κ2) is 8.05. The van der Waals surface area contributed by atoms with Crippen LogP contribution >= 0.6 is 34.2 Å². The van der Waals surface area contributed by atoms with Crippen LogP contribution in [0.2, 0.25) is 5.02 Å². The number of hydrogen-bond acceptors (Lipinski definition) is 3. The highest BCUT2D eigenvalue weighted by molar-refractivity contribution is 14.1. The average Bonchev–Trinajstić information content (AvgIpc) is 2.52. The molecule has 2 rings (SSSR count).